The molecule has 0 aliphatic heterocycles. The van der Waals surface area contributed by atoms with Crippen molar-refractivity contribution in [3.8, 4) is 0 Å². The maximum Gasteiger partial charge on any atom is 0.318 e. The number of sulfonamides is 1. The van der Waals surface area contributed by atoms with E-state index in [4.69, 9.17) is 5.21 Å². The quantitative estimate of drug-likeness (QED) is 0.0839. The van der Waals surface area contributed by atoms with Gasteiger partial charge in [-0.1, -0.05) is 88.2 Å². The minimum absolute atomic E-state index is 0.0521. The van der Waals surface area contributed by atoms with Gasteiger partial charge in [-0.3, -0.25) is 4.79 Å². The van der Waals surface area contributed by atoms with Crippen molar-refractivity contribution in [1.82, 2.24) is 24.8 Å². The number of hydrogen-bond acceptors (Lipinski definition) is 9. The van der Waals surface area contributed by atoms with Crippen molar-refractivity contribution in [2.24, 2.45) is 17.0 Å². The number of thiazole rings is 1. The summed E-state index contributed by atoms with van der Waals surface area (Å²) in [5.41, 5.74) is 2.15. The van der Waals surface area contributed by atoms with E-state index in [9.17, 15) is 23.1 Å². The van der Waals surface area contributed by atoms with E-state index in [0.717, 1.165) is 41.9 Å². The summed E-state index contributed by atoms with van der Waals surface area (Å²) < 4.78 is 29.5. The minimum atomic E-state index is -4.05. The Kier molecular flexibility index (Phi) is 14.5. The van der Waals surface area contributed by atoms with Gasteiger partial charge < -0.3 is 25.8 Å². The van der Waals surface area contributed by atoms with E-state index in [1.54, 1.807) is 30.5 Å². The minimum Gasteiger partial charge on any atom is -0.411 e. The lowest BCUT2D eigenvalue weighted by Gasteiger charge is -2.33. The number of amides is 3. The normalized spacial score (nSPS) is 15.8. The fraction of sp³-hybridized carbons (Fsp3) is 0.514. The van der Waals surface area contributed by atoms with E-state index >= 15 is 0 Å². The molecule has 12 nitrogen and oxygen atoms in total. The maximum atomic E-state index is 14.1. The number of nitrogens with one attached hydrogen (secondary N) is 2. The fourth-order valence-corrected chi connectivity index (χ4v) is 8.57. The van der Waals surface area contributed by atoms with Crippen LogP contribution in [0.15, 0.2) is 70.0 Å². The van der Waals surface area contributed by atoms with Crippen LogP contribution in [0.5, 0.6) is 0 Å². The number of carbonyl (C=O) groups excluding carboxylic acids is 2. The van der Waals surface area contributed by atoms with Gasteiger partial charge in [0.1, 0.15) is 6.04 Å². The van der Waals surface area contributed by atoms with Gasteiger partial charge in [-0.2, -0.15) is 4.31 Å². The van der Waals surface area contributed by atoms with Gasteiger partial charge in [0.2, 0.25) is 15.9 Å². The lowest BCUT2D eigenvalue weighted by atomic mass is 9.98. The molecule has 278 valence electrons. The highest BCUT2D eigenvalue weighted by Crippen LogP contribution is 2.28. The largest absolute Gasteiger partial charge is 0.411 e. The first-order valence-corrected chi connectivity index (χ1v) is 19.9. The number of hydrogen-bond donors (Lipinski definition) is 4. The number of oxime groups is 1. The second-order valence-corrected chi connectivity index (χ2v) is 16.8. The second kappa shape index (κ2) is 18.6. The van der Waals surface area contributed by atoms with Gasteiger partial charge in [-0.15, -0.1) is 11.3 Å². The van der Waals surface area contributed by atoms with E-state index in [1.807, 2.05) is 49.6 Å². The monoisotopic (exact) mass is 740 g/mol. The zero-order chi connectivity index (χ0) is 37.1. The highest BCUT2D eigenvalue weighted by Gasteiger charge is 2.35. The molecular formula is C37H52N6O6S2. The summed E-state index contributed by atoms with van der Waals surface area (Å²) in [5, 5.41) is 32.5. The summed E-state index contributed by atoms with van der Waals surface area (Å²) in [4.78, 5) is 33.4. The smallest absolute Gasteiger partial charge is 0.318 e. The molecule has 3 amide bonds. The van der Waals surface area contributed by atoms with E-state index in [1.165, 1.54) is 27.6 Å². The molecule has 0 spiro atoms. The van der Waals surface area contributed by atoms with Crippen molar-refractivity contribution in [1.29, 1.82) is 0 Å². The third-order valence-electron chi connectivity index (χ3n) is 9.18. The number of benzene rings is 2. The topological polar surface area (TPSA) is 165 Å². The summed E-state index contributed by atoms with van der Waals surface area (Å²) in [6, 6.07) is 13.1. The van der Waals surface area contributed by atoms with Crippen molar-refractivity contribution >= 4 is 39.5 Å². The van der Waals surface area contributed by atoms with Crippen LogP contribution in [0.3, 0.4) is 0 Å². The molecule has 1 heterocycles. The molecule has 1 saturated carbocycles. The van der Waals surface area contributed by atoms with Gasteiger partial charge in [0.25, 0.3) is 0 Å². The SMILES string of the molecule is CC(C)c1nc(CN(C)C(=O)N[C@H](C(=O)N[C@@H](Cc2ccccc2)[C@H](O)CN(CC2CCCC2)S(=O)(=O)c2ccc(/C=N/O)cc2)C(C)C)cs1. The van der Waals surface area contributed by atoms with Gasteiger partial charge in [0.15, 0.2) is 0 Å². The van der Waals surface area contributed by atoms with Gasteiger partial charge in [0.05, 0.1) is 40.5 Å². The molecule has 2 aromatic carbocycles. The first kappa shape index (κ1) is 39.9. The number of aliphatic hydroxyl groups excluding tert-OH is 1. The molecule has 1 aromatic heterocycles. The third kappa shape index (κ3) is 11.3. The van der Waals surface area contributed by atoms with Crippen LogP contribution < -0.4 is 10.6 Å². The lowest BCUT2D eigenvalue weighted by molar-refractivity contribution is -0.125. The predicted molar refractivity (Wildman–Crippen MR) is 199 cm³/mol. The molecule has 1 aliphatic carbocycles. The van der Waals surface area contributed by atoms with Crippen LogP contribution in [0.25, 0.3) is 0 Å². The van der Waals surface area contributed by atoms with Crippen LogP contribution in [-0.4, -0.2) is 89.4 Å². The summed E-state index contributed by atoms with van der Waals surface area (Å²) in [7, 11) is -2.40. The molecule has 0 unspecified atom stereocenters. The van der Waals surface area contributed by atoms with E-state index in [2.05, 4.69) is 34.6 Å². The van der Waals surface area contributed by atoms with Crippen LogP contribution in [0.2, 0.25) is 0 Å². The Bertz CT molecular complexity index is 1690. The molecule has 4 N–H and O–H groups in total. The van der Waals surface area contributed by atoms with Gasteiger partial charge in [0, 0.05) is 31.4 Å². The Hall–Kier alpha value is -3.85. The van der Waals surface area contributed by atoms with Crippen molar-refractivity contribution in [2.75, 3.05) is 20.1 Å². The summed E-state index contributed by atoms with van der Waals surface area (Å²) >= 11 is 1.55. The number of nitrogens with zero attached hydrogens (tertiary/aromatic N) is 4. The number of carbonyl (C=O) groups is 2. The predicted octanol–water partition coefficient (Wildman–Crippen LogP) is 5.21. The molecule has 3 atom stereocenters. The highest BCUT2D eigenvalue weighted by molar-refractivity contribution is 7.89. The van der Waals surface area contributed by atoms with E-state index in [-0.39, 0.29) is 48.7 Å². The van der Waals surface area contributed by atoms with Crippen LogP contribution >= 0.6 is 11.3 Å². The number of aliphatic hydroxyl groups is 1. The van der Waals surface area contributed by atoms with Gasteiger partial charge >= 0.3 is 6.03 Å². The van der Waals surface area contributed by atoms with Crippen LogP contribution in [0, 0.1) is 11.8 Å². The Balaban J connectivity index is 1.54. The number of urea groups is 1. The highest BCUT2D eigenvalue weighted by atomic mass is 32.2. The Morgan fingerprint density at radius 1 is 1.04 bits per heavy atom. The van der Waals surface area contributed by atoms with Crippen molar-refractivity contribution in [3.05, 3.63) is 81.8 Å². The maximum absolute atomic E-state index is 14.1. The van der Waals surface area contributed by atoms with E-state index in [0.29, 0.717) is 5.56 Å². The second-order valence-electron chi connectivity index (χ2n) is 14.0. The average Bonchev–Trinajstić information content (AvgIpc) is 3.80. The molecule has 14 heteroatoms. The number of rotatable bonds is 17. The Labute approximate surface area is 306 Å². The third-order valence-corrected chi connectivity index (χ3v) is 12.2. The van der Waals surface area contributed by atoms with E-state index < -0.39 is 40.1 Å². The van der Waals surface area contributed by atoms with Crippen molar-refractivity contribution < 1.29 is 28.3 Å². The summed E-state index contributed by atoms with van der Waals surface area (Å²) in [6.45, 7) is 8.05. The standard InChI is InChI=1S/C37H52N6O6S2/c1-25(2)34(41-37(46)42(5)22-30-24-50-36(39-30)26(3)4)35(45)40-32(19-27-11-7-6-8-12-27)33(44)23-43(21-29-13-9-10-14-29)51(48,49)31-17-15-28(16-18-31)20-38-47/h6-8,11-12,15-18,20,24-26,29,32-34,44,47H,9-10,13-14,19,21-23H2,1-5H3,(H,40,45)(H,41,46)/b38-20+/t32-,33+,34-/m0/s1. The van der Waals surface area contributed by atoms with Crippen LogP contribution in [0.4, 0.5) is 4.79 Å². The molecule has 0 bridgehead atoms. The van der Waals surface area contributed by atoms with Crippen molar-refractivity contribution in [2.45, 2.75) is 95.3 Å². The van der Waals surface area contributed by atoms with Crippen LogP contribution in [0.1, 0.15) is 81.1 Å². The fourth-order valence-electron chi connectivity index (χ4n) is 6.21. The molecule has 4 rings (SSSR count). The lowest BCUT2D eigenvalue weighted by Crippen LogP contribution is -2.58. The molecule has 1 fully saturated rings. The zero-order valence-corrected chi connectivity index (χ0v) is 31.7. The summed E-state index contributed by atoms with van der Waals surface area (Å²) in [6.07, 6.45) is 3.99. The molecule has 51 heavy (non-hydrogen) atoms. The van der Waals surface area contributed by atoms with Gasteiger partial charge in [-0.05, 0) is 54.4 Å². The van der Waals surface area contributed by atoms with Crippen molar-refractivity contribution in [3.63, 3.8) is 0 Å². The Morgan fingerprint density at radius 3 is 2.29 bits per heavy atom. The summed E-state index contributed by atoms with van der Waals surface area (Å²) in [5.74, 6) is -0.338. The zero-order valence-electron chi connectivity index (χ0n) is 30.1. The Morgan fingerprint density at radius 2 is 1.71 bits per heavy atom. The molecule has 0 radical (unpaired) electrons. The molecule has 3 aromatic rings. The molecular weight excluding hydrogens is 689 g/mol. The van der Waals surface area contributed by atoms with Crippen LogP contribution in [-0.2, 0) is 27.8 Å². The van der Waals surface area contributed by atoms with Gasteiger partial charge in [-0.25, -0.2) is 18.2 Å². The average molecular weight is 741 g/mol. The molecule has 0 saturated heterocycles. The first-order valence-electron chi connectivity index (χ1n) is 17.5. The number of aromatic nitrogens is 1. The molecule has 1 aliphatic rings. The first-order chi connectivity index (χ1) is 24.3.